The molecule has 0 aliphatic carbocycles. The zero-order valence-corrected chi connectivity index (χ0v) is 9.07. The molecule has 1 saturated heterocycles. The Kier molecular flexibility index (Phi) is 3.16. The van der Waals surface area contributed by atoms with Crippen molar-refractivity contribution in [3.05, 3.63) is 18.0 Å². The Hall–Kier alpha value is -1.16. The van der Waals surface area contributed by atoms with Crippen molar-refractivity contribution >= 4 is 5.78 Å². The van der Waals surface area contributed by atoms with E-state index in [0.717, 1.165) is 25.2 Å². The summed E-state index contributed by atoms with van der Waals surface area (Å²) in [5.74, 6) is 0.713. The molecule has 0 bridgehead atoms. The summed E-state index contributed by atoms with van der Waals surface area (Å²) in [7, 11) is 1.81. The standard InChI is InChI=1S/C11H17N3O/c1-14-10(4-6-13-14)11(15)7-9-3-2-5-12-8-9/h4,6,9,12H,2-3,5,7-8H2,1H3. The fourth-order valence-electron chi connectivity index (χ4n) is 2.11. The van der Waals surface area contributed by atoms with Crippen LogP contribution in [0.3, 0.4) is 0 Å². The third-order valence-electron chi connectivity index (χ3n) is 2.98. The van der Waals surface area contributed by atoms with Crippen molar-refractivity contribution in [1.82, 2.24) is 15.1 Å². The van der Waals surface area contributed by atoms with E-state index in [1.807, 2.05) is 7.05 Å². The third-order valence-corrected chi connectivity index (χ3v) is 2.98. The summed E-state index contributed by atoms with van der Waals surface area (Å²) >= 11 is 0. The minimum absolute atomic E-state index is 0.212. The van der Waals surface area contributed by atoms with Crippen LogP contribution in [0.1, 0.15) is 29.8 Å². The molecule has 1 aliphatic heterocycles. The predicted molar refractivity (Wildman–Crippen MR) is 57.7 cm³/mol. The normalized spacial score (nSPS) is 21.5. The Balaban J connectivity index is 1.94. The van der Waals surface area contributed by atoms with Crippen LogP contribution in [0.5, 0.6) is 0 Å². The van der Waals surface area contributed by atoms with Gasteiger partial charge in [-0.15, -0.1) is 0 Å². The summed E-state index contributed by atoms with van der Waals surface area (Å²) in [5, 5.41) is 7.34. The van der Waals surface area contributed by atoms with Gasteiger partial charge in [-0.2, -0.15) is 5.10 Å². The fourth-order valence-corrected chi connectivity index (χ4v) is 2.11. The number of hydrogen-bond acceptors (Lipinski definition) is 3. The Morgan fingerprint density at radius 1 is 1.73 bits per heavy atom. The number of nitrogens with zero attached hydrogens (tertiary/aromatic N) is 2. The highest BCUT2D eigenvalue weighted by Gasteiger charge is 2.19. The molecular formula is C11H17N3O. The minimum atomic E-state index is 0.212. The Morgan fingerprint density at radius 3 is 3.20 bits per heavy atom. The van der Waals surface area contributed by atoms with Gasteiger partial charge in [0.05, 0.1) is 0 Å². The molecule has 0 amide bonds. The largest absolute Gasteiger partial charge is 0.316 e. The fraction of sp³-hybridized carbons (Fsp3) is 0.636. The summed E-state index contributed by atoms with van der Waals surface area (Å²) in [4.78, 5) is 11.9. The van der Waals surface area contributed by atoms with E-state index in [-0.39, 0.29) is 5.78 Å². The zero-order chi connectivity index (χ0) is 10.7. The number of aromatic nitrogens is 2. The lowest BCUT2D eigenvalue weighted by atomic mass is 9.93. The van der Waals surface area contributed by atoms with Crippen LogP contribution in [0.2, 0.25) is 0 Å². The molecule has 1 unspecified atom stereocenters. The second-order valence-electron chi connectivity index (χ2n) is 4.18. The molecule has 0 spiro atoms. The van der Waals surface area contributed by atoms with Crippen LogP contribution in [0, 0.1) is 5.92 Å². The number of aryl methyl sites for hydroxylation is 1. The van der Waals surface area contributed by atoms with E-state index >= 15 is 0 Å². The molecule has 4 heteroatoms. The molecule has 2 rings (SSSR count). The van der Waals surface area contributed by atoms with Gasteiger partial charge in [0, 0.05) is 19.7 Å². The molecular weight excluding hydrogens is 190 g/mol. The summed E-state index contributed by atoms with van der Waals surface area (Å²) < 4.78 is 1.65. The molecule has 0 radical (unpaired) electrons. The quantitative estimate of drug-likeness (QED) is 0.752. The van der Waals surface area contributed by atoms with Gasteiger partial charge in [-0.05, 0) is 37.9 Å². The van der Waals surface area contributed by atoms with Gasteiger partial charge in [0.2, 0.25) is 0 Å². The highest BCUT2D eigenvalue weighted by molar-refractivity contribution is 5.94. The molecule has 1 fully saturated rings. The van der Waals surface area contributed by atoms with E-state index in [1.54, 1.807) is 16.9 Å². The topological polar surface area (TPSA) is 46.9 Å². The van der Waals surface area contributed by atoms with Gasteiger partial charge in [-0.3, -0.25) is 9.48 Å². The molecule has 1 aromatic rings. The van der Waals surface area contributed by atoms with Gasteiger partial charge in [0.25, 0.3) is 0 Å². The molecule has 82 valence electrons. The second kappa shape index (κ2) is 4.57. The van der Waals surface area contributed by atoms with Crippen molar-refractivity contribution < 1.29 is 4.79 Å². The van der Waals surface area contributed by atoms with Gasteiger partial charge in [-0.1, -0.05) is 0 Å². The van der Waals surface area contributed by atoms with Crippen molar-refractivity contribution in [3.8, 4) is 0 Å². The Morgan fingerprint density at radius 2 is 2.60 bits per heavy atom. The molecule has 0 aromatic carbocycles. The average Bonchev–Trinajstić information content (AvgIpc) is 2.66. The van der Waals surface area contributed by atoms with Gasteiger partial charge in [0.15, 0.2) is 5.78 Å². The van der Waals surface area contributed by atoms with Crippen molar-refractivity contribution in [2.75, 3.05) is 13.1 Å². The maximum absolute atomic E-state index is 11.9. The number of ketones is 1. The van der Waals surface area contributed by atoms with Crippen LogP contribution in [-0.4, -0.2) is 28.7 Å². The van der Waals surface area contributed by atoms with Crippen molar-refractivity contribution in [1.29, 1.82) is 0 Å². The number of rotatable bonds is 3. The third kappa shape index (κ3) is 2.45. The number of carbonyl (C=O) groups is 1. The summed E-state index contributed by atoms with van der Waals surface area (Å²) in [6.07, 6.45) is 4.67. The number of nitrogens with one attached hydrogen (secondary N) is 1. The summed E-state index contributed by atoms with van der Waals surface area (Å²) in [6, 6.07) is 1.79. The first-order valence-corrected chi connectivity index (χ1v) is 5.49. The molecule has 2 heterocycles. The van der Waals surface area contributed by atoms with Gasteiger partial charge >= 0.3 is 0 Å². The lowest BCUT2D eigenvalue weighted by molar-refractivity contribution is 0.0944. The number of carbonyl (C=O) groups excluding carboxylic acids is 1. The lowest BCUT2D eigenvalue weighted by Gasteiger charge is -2.21. The molecule has 4 nitrogen and oxygen atoms in total. The molecule has 1 atom stereocenters. The van der Waals surface area contributed by atoms with E-state index in [0.29, 0.717) is 12.3 Å². The molecule has 1 N–H and O–H groups in total. The van der Waals surface area contributed by atoms with Crippen LogP contribution in [0.25, 0.3) is 0 Å². The van der Waals surface area contributed by atoms with E-state index in [1.165, 1.54) is 6.42 Å². The zero-order valence-electron chi connectivity index (χ0n) is 9.07. The van der Waals surface area contributed by atoms with Crippen LogP contribution in [-0.2, 0) is 7.05 Å². The van der Waals surface area contributed by atoms with Crippen molar-refractivity contribution in [2.45, 2.75) is 19.3 Å². The van der Waals surface area contributed by atoms with Gasteiger partial charge in [-0.25, -0.2) is 0 Å². The van der Waals surface area contributed by atoms with Crippen LogP contribution in [0.15, 0.2) is 12.3 Å². The van der Waals surface area contributed by atoms with Crippen LogP contribution >= 0.6 is 0 Å². The maximum atomic E-state index is 11.9. The Bertz CT molecular complexity index is 339. The number of piperidine rings is 1. The van der Waals surface area contributed by atoms with Crippen molar-refractivity contribution in [3.63, 3.8) is 0 Å². The first-order chi connectivity index (χ1) is 7.27. The average molecular weight is 207 g/mol. The van der Waals surface area contributed by atoms with E-state index in [9.17, 15) is 4.79 Å². The first-order valence-electron chi connectivity index (χ1n) is 5.49. The van der Waals surface area contributed by atoms with Crippen molar-refractivity contribution in [2.24, 2.45) is 13.0 Å². The minimum Gasteiger partial charge on any atom is -0.316 e. The second-order valence-corrected chi connectivity index (χ2v) is 4.18. The molecule has 1 aromatic heterocycles. The Labute approximate surface area is 89.7 Å². The summed E-state index contributed by atoms with van der Waals surface area (Å²) in [6.45, 7) is 2.07. The van der Waals surface area contributed by atoms with Crippen LogP contribution in [0.4, 0.5) is 0 Å². The van der Waals surface area contributed by atoms with E-state index in [2.05, 4.69) is 10.4 Å². The first kappa shape index (κ1) is 10.4. The smallest absolute Gasteiger partial charge is 0.181 e. The number of hydrogen-bond donors (Lipinski definition) is 1. The molecule has 0 saturated carbocycles. The van der Waals surface area contributed by atoms with Gasteiger partial charge in [0.1, 0.15) is 5.69 Å². The lowest BCUT2D eigenvalue weighted by Crippen LogP contribution is -2.31. The highest BCUT2D eigenvalue weighted by Crippen LogP contribution is 2.16. The highest BCUT2D eigenvalue weighted by atomic mass is 16.1. The SMILES string of the molecule is Cn1nccc1C(=O)CC1CCCNC1. The van der Waals surface area contributed by atoms with E-state index in [4.69, 9.17) is 0 Å². The maximum Gasteiger partial charge on any atom is 0.181 e. The van der Waals surface area contributed by atoms with E-state index < -0.39 is 0 Å². The molecule has 15 heavy (non-hydrogen) atoms. The van der Waals surface area contributed by atoms with Crippen LogP contribution < -0.4 is 5.32 Å². The monoisotopic (exact) mass is 207 g/mol. The number of Topliss-reactive ketones (excluding diaryl/α,β-unsaturated/α-hetero) is 1. The van der Waals surface area contributed by atoms with Gasteiger partial charge < -0.3 is 5.32 Å². The molecule has 1 aliphatic rings. The summed E-state index contributed by atoms with van der Waals surface area (Å²) in [5.41, 5.74) is 0.723. The predicted octanol–water partition coefficient (Wildman–Crippen LogP) is 0.992.